The van der Waals surface area contributed by atoms with Crippen LogP contribution in [0.3, 0.4) is 0 Å². The molecule has 0 radical (unpaired) electrons. The van der Waals surface area contributed by atoms with Crippen LogP contribution in [0.4, 0.5) is 0 Å². The Bertz CT molecular complexity index is 567. The summed E-state index contributed by atoms with van der Waals surface area (Å²) >= 11 is 0. The molecule has 0 bridgehead atoms. The van der Waals surface area contributed by atoms with E-state index in [0.29, 0.717) is 0 Å². The largest absolute Gasteiger partial charge is 0.456 e. The van der Waals surface area contributed by atoms with Crippen molar-refractivity contribution in [2.24, 2.45) is 10.8 Å². The van der Waals surface area contributed by atoms with Crippen molar-refractivity contribution in [3.05, 3.63) is 0 Å². The van der Waals surface area contributed by atoms with Gasteiger partial charge in [0.1, 0.15) is 11.2 Å². The van der Waals surface area contributed by atoms with Gasteiger partial charge in [-0.25, -0.2) is 0 Å². The zero-order valence-corrected chi connectivity index (χ0v) is 18.4. The highest BCUT2D eigenvalue weighted by molar-refractivity contribution is 5.91. The number of carbonyl (C=O) groups excluding carboxylic acids is 3. The Morgan fingerprint density at radius 3 is 1.27 bits per heavy atom. The van der Waals surface area contributed by atoms with Crippen LogP contribution in [-0.4, -0.2) is 41.6 Å². The van der Waals surface area contributed by atoms with Crippen molar-refractivity contribution >= 4 is 17.7 Å². The van der Waals surface area contributed by atoms with E-state index >= 15 is 0 Å². The van der Waals surface area contributed by atoms with E-state index < -0.39 is 39.6 Å². The van der Waals surface area contributed by atoms with Crippen molar-refractivity contribution in [3.8, 4) is 0 Å². The molecular weight excluding hydrogens is 336 g/mol. The minimum absolute atomic E-state index is 0.273. The Labute approximate surface area is 157 Å². The number of ether oxygens (including phenoxy) is 3. The van der Waals surface area contributed by atoms with Gasteiger partial charge in [-0.1, -0.05) is 0 Å². The summed E-state index contributed by atoms with van der Waals surface area (Å²) in [5, 5.41) is 0. The first-order valence-electron chi connectivity index (χ1n) is 8.79. The van der Waals surface area contributed by atoms with E-state index in [-0.39, 0.29) is 5.78 Å². The molecule has 0 N–H and O–H groups in total. The van der Waals surface area contributed by atoms with Gasteiger partial charge in [-0.2, -0.15) is 0 Å². The maximum atomic E-state index is 12.9. The molecule has 0 heterocycles. The lowest BCUT2D eigenvalue weighted by Gasteiger charge is -2.44. The number of esters is 2. The molecule has 0 saturated heterocycles. The van der Waals surface area contributed by atoms with Gasteiger partial charge in [0.05, 0.1) is 10.8 Å². The fourth-order valence-electron chi connectivity index (χ4n) is 1.67. The normalized spacial score (nSPS) is 14.0. The second-order valence-corrected chi connectivity index (χ2v) is 9.32. The first kappa shape index (κ1) is 24.6. The third-order valence-corrected chi connectivity index (χ3v) is 6.09. The van der Waals surface area contributed by atoms with E-state index in [1.807, 2.05) is 13.8 Å². The lowest BCUT2D eigenvalue weighted by Crippen LogP contribution is -2.55. The second-order valence-electron chi connectivity index (χ2n) is 9.32. The molecule has 0 aromatic carbocycles. The fraction of sp³-hybridized carbons (Fsp3) is 0.850. The fourth-order valence-corrected chi connectivity index (χ4v) is 1.67. The summed E-state index contributed by atoms with van der Waals surface area (Å²) in [5.74, 6) is -1.45. The number of ketones is 1. The summed E-state index contributed by atoms with van der Waals surface area (Å²) in [7, 11) is 1.55. The topological polar surface area (TPSA) is 78.9 Å². The van der Waals surface area contributed by atoms with Crippen LogP contribution in [0, 0.1) is 10.8 Å². The molecule has 0 aliphatic rings. The summed E-state index contributed by atoms with van der Waals surface area (Å²) < 4.78 is 16.6. The molecule has 0 aliphatic carbocycles. The third kappa shape index (κ3) is 4.64. The molecule has 0 rings (SSSR count). The SMILES string of the molecule is COC(C)(C)C(C)(C)OC(=O)C(C)(C)C(C)(C)C(=O)OC(C)(C)C(C)=O. The van der Waals surface area contributed by atoms with Crippen molar-refractivity contribution in [3.63, 3.8) is 0 Å². The van der Waals surface area contributed by atoms with Crippen LogP contribution in [0.5, 0.6) is 0 Å². The molecule has 0 amide bonds. The van der Waals surface area contributed by atoms with Crippen LogP contribution >= 0.6 is 0 Å². The molecule has 0 unspecified atom stereocenters. The Morgan fingerprint density at radius 2 is 0.962 bits per heavy atom. The van der Waals surface area contributed by atoms with Crippen molar-refractivity contribution < 1.29 is 28.6 Å². The summed E-state index contributed by atoms with van der Waals surface area (Å²) in [4.78, 5) is 37.3. The van der Waals surface area contributed by atoms with Crippen LogP contribution in [0.15, 0.2) is 0 Å². The summed E-state index contributed by atoms with van der Waals surface area (Å²) in [6.45, 7) is 18.1. The maximum absolute atomic E-state index is 12.9. The number of rotatable bonds is 8. The number of methoxy groups -OCH3 is 1. The standard InChI is InChI=1S/C20H36O6/c1-13(21)18(6,7)25-14(22)16(2,3)17(4,5)15(23)26-20(10,11)19(8,9)24-12/h1-12H3. The zero-order valence-electron chi connectivity index (χ0n) is 18.4. The van der Waals surface area contributed by atoms with Gasteiger partial charge >= 0.3 is 11.9 Å². The van der Waals surface area contributed by atoms with Gasteiger partial charge in [0.15, 0.2) is 11.4 Å². The van der Waals surface area contributed by atoms with Gasteiger partial charge < -0.3 is 14.2 Å². The predicted molar refractivity (Wildman–Crippen MR) is 99.7 cm³/mol. The zero-order chi connectivity index (χ0) is 21.4. The van der Waals surface area contributed by atoms with E-state index in [4.69, 9.17) is 14.2 Å². The molecule has 0 aromatic rings. The highest BCUT2D eigenvalue weighted by Crippen LogP contribution is 2.43. The van der Waals surface area contributed by atoms with Crippen LogP contribution in [0.1, 0.15) is 76.2 Å². The molecule has 0 atom stereocenters. The molecule has 0 aromatic heterocycles. The van der Waals surface area contributed by atoms with E-state index in [1.165, 1.54) is 20.8 Å². The Morgan fingerprint density at radius 1 is 0.615 bits per heavy atom. The number of hydrogen-bond donors (Lipinski definition) is 0. The second kappa shape index (κ2) is 7.29. The average Bonchev–Trinajstić information content (AvgIpc) is 2.45. The minimum atomic E-state index is -1.26. The lowest BCUT2D eigenvalue weighted by atomic mass is 9.67. The first-order valence-corrected chi connectivity index (χ1v) is 8.79. The van der Waals surface area contributed by atoms with Crippen LogP contribution in [0.2, 0.25) is 0 Å². The molecule has 26 heavy (non-hydrogen) atoms. The van der Waals surface area contributed by atoms with E-state index in [9.17, 15) is 14.4 Å². The summed E-state index contributed by atoms with van der Waals surface area (Å²) in [6.07, 6.45) is 0. The van der Waals surface area contributed by atoms with Gasteiger partial charge in [0.25, 0.3) is 0 Å². The summed E-state index contributed by atoms with van der Waals surface area (Å²) in [5.41, 5.74) is -5.32. The Balaban J connectivity index is 5.61. The van der Waals surface area contributed by atoms with Crippen molar-refractivity contribution in [2.45, 2.75) is 93.0 Å². The minimum Gasteiger partial charge on any atom is -0.456 e. The number of carbonyl (C=O) groups is 3. The monoisotopic (exact) mass is 372 g/mol. The van der Waals surface area contributed by atoms with Crippen LogP contribution in [-0.2, 0) is 28.6 Å². The Kier molecular flexibility index (Phi) is 6.89. The van der Waals surface area contributed by atoms with E-state index in [1.54, 1.807) is 48.7 Å². The molecule has 0 spiro atoms. The van der Waals surface area contributed by atoms with Gasteiger partial charge in [-0.05, 0) is 76.2 Å². The van der Waals surface area contributed by atoms with Gasteiger partial charge in [-0.15, -0.1) is 0 Å². The van der Waals surface area contributed by atoms with Crippen molar-refractivity contribution in [1.82, 2.24) is 0 Å². The molecule has 6 nitrogen and oxygen atoms in total. The lowest BCUT2D eigenvalue weighted by molar-refractivity contribution is -0.206. The predicted octanol–water partition coefficient (Wildman–Crippen LogP) is 3.70. The van der Waals surface area contributed by atoms with Crippen molar-refractivity contribution in [1.29, 1.82) is 0 Å². The van der Waals surface area contributed by atoms with Gasteiger partial charge in [0, 0.05) is 7.11 Å². The third-order valence-electron chi connectivity index (χ3n) is 6.09. The molecule has 0 aliphatic heterocycles. The Hall–Kier alpha value is -1.43. The quantitative estimate of drug-likeness (QED) is 0.605. The maximum Gasteiger partial charge on any atom is 0.313 e. The highest BCUT2D eigenvalue weighted by atomic mass is 16.6. The van der Waals surface area contributed by atoms with Crippen molar-refractivity contribution in [2.75, 3.05) is 7.11 Å². The summed E-state index contributed by atoms with van der Waals surface area (Å²) in [6, 6.07) is 0. The highest BCUT2D eigenvalue weighted by Gasteiger charge is 2.54. The smallest absolute Gasteiger partial charge is 0.313 e. The van der Waals surface area contributed by atoms with E-state index in [0.717, 1.165) is 0 Å². The molecule has 0 fully saturated rings. The first-order chi connectivity index (χ1) is 11.3. The number of Topliss-reactive ketones (excluding diaryl/α,β-unsaturated/α-hetero) is 1. The number of hydrogen-bond acceptors (Lipinski definition) is 6. The van der Waals surface area contributed by atoms with Crippen LogP contribution in [0.25, 0.3) is 0 Å². The van der Waals surface area contributed by atoms with Gasteiger partial charge in [0.2, 0.25) is 0 Å². The molecule has 6 heteroatoms. The molecule has 152 valence electrons. The molecule has 0 saturated carbocycles. The van der Waals surface area contributed by atoms with Crippen LogP contribution < -0.4 is 0 Å². The molecular formula is C20H36O6. The average molecular weight is 373 g/mol. The van der Waals surface area contributed by atoms with Gasteiger partial charge in [-0.3, -0.25) is 14.4 Å². The van der Waals surface area contributed by atoms with E-state index in [2.05, 4.69) is 0 Å².